The van der Waals surface area contributed by atoms with Crippen molar-refractivity contribution in [3.05, 3.63) is 35.4 Å². The molecule has 1 aliphatic rings. The van der Waals surface area contributed by atoms with Gasteiger partial charge in [0.1, 0.15) is 9.84 Å². The van der Waals surface area contributed by atoms with Crippen LogP contribution in [0.5, 0.6) is 0 Å². The van der Waals surface area contributed by atoms with Gasteiger partial charge >= 0.3 is 0 Å². The third-order valence-electron chi connectivity index (χ3n) is 4.12. The van der Waals surface area contributed by atoms with Crippen molar-refractivity contribution in [2.24, 2.45) is 0 Å². The summed E-state index contributed by atoms with van der Waals surface area (Å²) in [4.78, 5) is 0. The molecule has 0 radical (unpaired) electrons. The van der Waals surface area contributed by atoms with Crippen molar-refractivity contribution in [2.75, 3.05) is 17.9 Å². The molecular weight excluding hydrogens is 280 g/mol. The van der Waals surface area contributed by atoms with Gasteiger partial charge < -0.3 is 0 Å². The summed E-state index contributed by atoms with van der Waals surface area (Å²) in [5.74, 6) is 0.835. The molecule has 0 fully saturated rings. The van der Waals surface area contributed by atoms with E-state index in [9.17, 15) is 8.42 Å². The minimum absolute atomic E-state index is 0.0267. The lowest BCUT2D eigenvalue weighted by Crippen LogP contribution is -2.33. The maximum Gasteiger partial charge on any atom is 0.147 e. The van der Waals surface area contributed by atoms with E-state index >= 15 is 0 Å². The van der Waals surface area contributed by atoms with Crippen molar-refractivity contribution in [3.8, 4) is 0 Å². The summed E-state index contributed by atoms with van der Waals surface area (Å²) < 4.78 is 22.6. The van der Waals surface area contributed by atoms with E-state index in [0.717, 1.165) is 25.7 Å². The van der Waals surface area contributed by atoms with Crippen LogP contribution in [0, 0.1) is 0 Å². The number of aryl methyl sites for hydroxylation is 1. The Bertz CT molecular complexity index is 539. The van der Waals surface area contributed by atoms with Crippen LogP contribution in [0.15, 0.2) is 24.3 Å². The van der Waals surface area contributed by atoms with E-state index < -0.39 is 9.84 Å². The normalized spacial score (nSPS) is 23.1. The van der Waals surface area contributed by atoms with Crippen LogP contribution in [-0.4, -0.2) is 26.3 Å². The lowest BCUT2D eigenvalue weighted by molar-refractivity contribution is 0.368. The Kier molecular flexibility index (Phi) is 4.57. The molecule has 1 unspecified atom stereocenters. The van der Waals surface area contributed by atoms with E-state index in [-0.39, 0.29) is 11.2 Å². The van der Waals surface area contributed by atoms with Gasteiger partial charge in [0, 0.05) is 23.3 Å². The molecule has 0 N–H and O–H groups in total. The van der Waals surface area contributed by atoms with Crippen LogP contribution < -0.4 is 0 Å². The smallest absolute Gasteiger partial charge is 0.147 e. The summed E-state index contributed by atoms with van der Waals surface area (Å²) in [5.41, 5.74) is 2.69. The van der Waals surface area contributed by atoms with Crippen LogP contribution in [0.1, 0.15) is 36.8 Å². The van der Waals surface area contributed by atoms with Gasteiger partial charge in [-0.1, -0.05) is 24.3 Å². The number of hydrogen-bond donors (Lipinski definition) is 0. The van der Waals surface area contributed by atoms with Crippen molar-refractivity contribution in [1.29, 1.82) is 0 Å². The van der Waals surface area contributed by atoms with Crippen LogP contribution in [0.3, 0.4) is 0 Å². The van der Waals surface area contributed by atoms with Gasteiger partial charge in [-0.15, -0.1) is 11.6 Å². The molecular formula is C15H21ClO2S. The second kappa shape index (κ2) is 5.84. The van der Waals surface area contributed by atoms with Crippen LogP contribution in [-0.2, 0) is 21.7 Å². The molecule has 2 nitrogen and oxygen atoms in total. The highest BCUT2D eigenvalue weighted by Crippen LogP contribution is 2.41. The molecule has 19 heavy (non-hydrogen) atoms. The Morgan fingerprint density at radius 2 is 2.05 bits per heavy atom. The number of halogens is 1. The average molecular weight is 301 g/mol. The van der Waals surface area contributed by atoms with Crippen molar-refractivity contribution < 1.29 is 8.42 Å². The Morgan fingerprint density at radius 3 is 2.74 bits per heavy atom. The molecule has 4 heteroatoms. The van der Waals surface area contributed by atoms with E-state index in [0.29, 0.717) is 12.3 Å². The molecule has 2 rings (SSSR count). The SMILES string of the molecule is CS(=O)(=O)CCCC1(CCl)CCCc2ccccc21. The highest BCUT2D eigenvalue weighted by atomic mass is 35.5. The molecule has 1 atom stereocenters. The van der Waals surface area contributed by atoms with Crippen LogP contribution in [0.25, 0.3) is 0 Å². The molecule has 0 aromatic heterocycles. The second-order valence-electron chi connectivity index (χ2n) is 5.66. The van der Waals surface area contributed by atoms with Gasteiger partial charge in [-0.3, -0.25) is 0 Å². The fraction of sp³-hybridized carbons (Fsp3) is 0.600. The van der Waals surface area contributed by atoms with Crippen LogP contribution in [0.4, 0.5) is 0 Å². The molecule has 0 heterocycles. The quantitative estimate of drug-likeness (QED) is 0.782. The molecule has 0 bridgehead atoms. The summed E-state index contributed by atoms with van der Waals surface area (Å²) >= 11 is 6.27. The molecule has 0 amide bonds. The van der Waals surface area contributed by atoms with Gasteiger partial charge in [0.05, 0.1) is 0 Å². The number of rotatable bonds is 5. The third-order valence-corrected chi connectivity index (χ3v) is 5.66. The molecule has 0 saturated heterocycles. The van der Waals surface area contributed by atoms with E-state index in [2.05, 4.69) is 24.3 Å². The standard InChI is InChI=1S/C15H21ClO2S/c1-19(17,18)11-5-10-15(12-16)9-4-7-13-6-2-3-8-14(13)15/h2-3,6,8H,4-5,7,9-12H2,1H3. The average Bonchev–Trinajstić information content (AvgIpc) is 2.37. The zero-order valence-electron chi connectivity index (χ0n) is 11.4. The zero-order valence-corrected chi connectivity index (χ0v) is 12.9. The highest BCUT2D eigenvalue weighted by Gasteiger charge is 2.35. The Balaban J connectivity index is 2.19. The van der Waals surface area contributed by atoms with Crippen molar-refractivity contribution >= 4 is 21.4 Å². The molecule has 0 aliphatic heterocycles. The number of benzene rings is 1. The number of alkyl halides is 1. The molecule has 0 saturated carbocycles. The minimum Gasteiger partial charge on any atom is -0.229 e. The first-order chi connectivity index (χ1) is 8.97. The van der Waals surface area contributed by atoms with Gasteiger partial charge in [0.25, 0.3) is 0 Å². The summed E-state index contributed by atoms with van der Waals surface area (Å²) in [6.07, 6.45) is 6.18. The Morgan fingerprint density at radius 1 is 1.32 bits per heavy atom. The fourth-order valence-electron chi connectivity index (χ4n) is 3.15. The molecule has 1 aromatic rings. The summed E-state index contributed by atoms with van der Waals surface area (Å²) in [7, 11) is -2.88. The fourth-order valence-corrected chi connectivity index (χ4v) is 4.23. The number of hydrogen-bond acceptors (Lipinski definition) is 2. The van der Waals surface area contributed by atoms with Crippen LogP contribution >= 0.6 is 11.6 Å². The summed E-state index contributed by atoms with van der Waals surface area (Å²) in [5, 5.41) is 0. The van der Waals surface area contributed by atoms with Crippen molar-refractivity contribution in [2.45, 2.75) is 37.5 Å². The van der Waals surface area contributed by atoms with Crippen LogP contribution in [0.2, 0.25) is 0 Å². The van der Waals surface area contributed by atoms with Gasteiger partial charge in [-0.25, -0.2) is 8.42 Å². The largest absolute Gasteiger partial charge is 0.229 e. The third kappa shape index (κ3) is 3.51. The number of fused-ring (bicyclic) bond motifs is 1. The van der Waals surface area contributed by atoms with E-state index in [1.165, 1.54) is 17.4 Å². The first kappa shape index (κ1) is 14.9. The maximum absolute atomic E-state index is 11.3. The molecule has 1 aliphatic carbocycles. The second-order valence-corrected chi connectivity index (χ2v) is 8.19. The first-order valence-corrected chi connectivity index (χ1v) is 9.38. The van der Waals surface area contributed by atoms with E-state index in [1.54, 1.807) is 0 Å². The topological polar surface area (TPSA) is 34.1 Å². The van der Waals surface area contributed by atoms with Gasteiger partial charge in [0.15, 0.2) is 0 Å². The van der Waals surface area contributed by atoms with Crippen molar-refractivity contribution in [3.63, 3.8) is 0 Å². The predicted molar refractivity (Wildman–Crippen MR) is 80.7 cm³/mol. The van der Waals surface area contributed by atoms with Crippen molar-refractivity contribution in [1.82, 2.24) is 0 Å². The maximum atomic E-state index is 11.3. The Hall–Kier alpha value is -0.540. The predicted octanol–water partition coefficient (Wildman–Crippen LogP) is 3.32. The summed E-state index contributed by atoms with van der Waals surface area (Å²) in [6, 6.07) is 8.46. The lowest BCUT2D eigenvalue weighted by atomic mass is 9.69. The minimum atomic E-state index is -2.88. The highest BCUT2D eigenvalue weighted by molar-refractivity contribution is 7.90. The van der Waals surface area contributed by atoms with E-state index in [4.69, 9.17) is 11.6 Å². The monoisotopic (exact) mass is 300 g/mol. The number of sulfone groups is 1. The first-order valence-electron chi connectivity index (χ1n) is 6.79. The zero-order chi connectivity index (χ0) is 13.9. The molecule has 0 spiro atoms. The molecule has 1 aromatic carbocycles. The van der Waals surface area contributed by atoms with Gasteiger partial charge in [-0.2, -0.15) is 0 Å². The van der Waals surface area contributed by atoms with Gasteiger partial charge in [0.2, 0.25) is 0 Å². The molecule has 106 valence electrons. The van der Waals surface area contributed by atoms with E-state index in [1.807, 2.05) is 0 Å². The summed E-state index contributed by atoms with van der Waals surface area (Å²) in [6.45, 7) is 0. The lowest BCUT2D eigenvalue weighted by Gasteiger charge is -2.38. The van der Waals surface area contributed by atoms with Gasteiger partial charge in [-0.05, 0) is 43.2 Å². The Labute approximate surface area is 121 Å².